The van der Waals surface area contributed by atoms with Crippen LogP contribution in [0, 0.1) is 11.3 Å². The Labute approximate surface area is 61.6 Å². The number of hydrogen-bond acceptors (Lipinski definition) is 0. The van der Waals surface area contributed by atoms with Gasteiger partial charge in [0.25, 0.3) is 5.92 Å². The Morgan fingerprint density at radius 2 is 1.30 bits per heavy atom. The minimum atomic E-state index is -2.56. The quantitative estimate of drug-likeness (QED) is 0.538. The molecule has 0 saturated carbocycles. The van der Waals surface area contributed by atoms with E-state index in [2.05, 4.69) is 0 Å². The Kier molecular flexibility index (Phi) is 2.44. The molecule has 0 aliphatic carbocycles. The van der Waals surface area contributed by atoms with E-state index in [0.29, 0.717) is 0 Å². The van der Waals surface area contributed by atoms with Crippen molar-refractivity contribution in [2.45, 2.75) is 40.5 Å². The SMILES string of the molecule is CC(C)C(F)(F)C(C)(C)C. The summed E-state index contributed by atoms with van der Waals surface area (Å²) in [5.74, 6) is -3.14. The van der Waals surface area contributed by atoms with Gasteiger partial charge in [-0.3, -0.25) is 0 Å². The van der Waals surface area contributed by atoms with E-state index in [1.54, 1.807) is 34.6 Å². The van der Waals surface area contributed by atoms with Crippen LogP contribution in [0.25, 0.3) is 0 Å². The van der Waals surface area contributed by atoms with Crippen LogP contribution in [0.3, 0.4) is 0 Å². The molecule has 0 bridgehead atoms. The molecule has 0 N–H and O–H groups in total. The van der Waals surface area contributed by atoms with Gasteiger partial charge in [-0.05, 0) is 0 Å². The first-order chi connectivity index (χ1) is 4.19. The third-order valence-corrected chi connectivity index (χ3v) is 1.73. The first kappa shape index (κ1) is 9.86. The van der Waals surface area contributed by atoms with Crippen LogP contribution < -0.4 is 0 Å². The van der Waals surface area contributed by atoms with Crippen molar-refractivity contribution in [1.82, 2.24) is 0 Å². The summed E-state index contributed by atoms with van der Waals surface area (Å²) >= 11 is 0. The molecule has 0 atom stereocenters. The minimum absolute atomic E-state index is 0.576. The van der Waals surface area contributed by atoms with Crippen LogP contribution in [0.5, 0.6) is 0 Å². The van der Waals surface area contributed by atoms with Crippen LogP contribution >= 0.6 is 0 Å². The van der Waals surface area contributed by atoms with E-state index in [9.17, 15) is 8.78 Å². The Morgan fingerprint density at radius 1 is 1.00 bits per heavy atom. The Hall–Kier alpha value is -0.140. The van der Waals surface area contributed by atoms with Crippen molar-refractivity contribution >= 4 is 0 Å². The zero-order chi connectivity index (χ0) is 8.58. The second-order valence-corrected chi connectivity index (χ2v) is 4.03. The molecule has 0 saturated heterocycles. The normalized spacial score (nSPS) is 14.4. The molecule has 0 unspecified atom stereocenters. The molecule has 0 radical (unpaired) electrons. The van der Waals surface area contributed by atoms with Gasteiger partial charge in [-0.15, -0.1) is 0 Å². The van der Waals surface area contributed by atoms with Crippen LogP contribution in [-0.4, -0.2) is 5.92 Å². The van der Waals surface area contributed by atoms with Crippen LogP contribution in [0.2, 0.25) is 0 Å². The van der Waals surface area contributed by atoms with Crippen molar-refractivity contribution < 1.29 is 8.78 Å². The molecule has 0 heterocycles. The van der Waals surface area contributed by atoms with E-state index in [4.69, 9.17) is 0 Å². The van der Waals surface area contributed by atoms with Gasteiger partial charge in [-0.1, -0.05) is 34.6 Å². The smallest absolute Gasteiger partial charge is 0.206 e. The van der Waals surface area contributed by atoms with Gasteiger partial charge in [0.15, 0.2) is 0 Å². The second kappa shape index (κ2) is 2.48. The second-order valence-electron chi connectivity index (χ2n) is 4.03. The zero-order valence-electron chi connectivity index (χ0n) is 7.33. The van der Waals surface area contributed by atoms with Gasteiger partial charge in [0.1, 0.15) is 0 Å². The lowest BCUT2D eigenvalue weighted by Crippen LogP contribution is -2.38. The highest BCUT2D eigenvalue weighted by Gasteiger charge is 2.45. The van der Waals surface area contributed by atoms with Gasteiger partial charge >= 0.3 is 0 Å². The summed E-state index contributed by atoms with van der Waals surface area (Å²) in [6.07, 6.45) is 0. The lowest BCUT2D eigenvalue weighted by atomic mass is 9.82. The predicted octanol–water partition coefficient (Wildman–Crippen LogP) is 3.32. The molecule has 0 rings (SSSR count). The molecule has 10 heavy (non-hydrogen) atoms. The first-order valence-electron chi connectivity index (χ1n) is 3.57. The highest BCUT2D eigenvalue weighted by Crippen LogP contribution is 2.41. The molecule has 0 aliphatic rings. The topological polar surface area (TPSA) is 0 Å². The fourth-order valence-electron chi connectivity index (χ4n) is 0.866. The highest BCUT2D eigenvalue weighted by molar-refractivity contribution is 4.83. The molecular weight excluding hydrogens is 134 g/mol. The van der Waals surface area contributed by atoms with Gasteiger partial charge in [0.05, 0.1) is 0 Å². The number of hydrogen-bond donors (Lipinski definition) is 0. The molecule has 0 aromatic heterocycles. The van der Waals surface area contributed by atoms with Crippen molar-refractivity contribution in [2.24, 2.45) is 11.3 Å². The maximum atomic E-state index is 13.1. The molecule has 0 nitrogen and oxygen atoms in total. The van der Waals surface area contributed by atoms with Gasteiger partial charge in [0, 0.05) is 11.3 Å². The van der Waals surface area contributed by atoms with Gasteiger partial charge in [-0.2, -0.15) is 0 Å². The third kappa shape index (κ3) is 1.68. The van der Waals surface area contributed by atoms with E-state index >= 15 is 0 Å². The largest absolute Gasteiger partial charge is 0.255 e. The fourth-order valence-corrected chi connectivity index (χ4v) is 0.866. The Morgan fingerprint density at radius 3 is 1.30 bits per heavy atom. The van der Waals surface area contributed by atoms with E-state index in [-0.39, 0.29) is 0 Å². The molecule has 2 heteroatoms. The van der Waals surface area contributed by atoms with Crippen LogP contribution in [-0.2, 0) is 0 Å². The van der Waals surface area contributed by atoms with Crippen LogP contribution in [0.4, 0.5) is 8.78 Å². The number of alkyl halides is 2. The standard InChI is InChI=1S/C8H16F2/c1-6(2)8(9,10)7(3,4)5/h6H,1-5H3. The van der Waals surface area contributed by atoms with E-state index in [0.717, 1.165) is 0 Å². The summed E-state index contributed by atoms with van der Waals surface area (Å²) in [7, 11) is 0. The maximum absolute atomic E-state index is 13.1. The van der Waals surface area contributed by atoms with E-state index < -0.39 is 17.3 Å². The van der Waals surface area contributed by atoms with Crippen molar-refractivity contribution in [3.05, 3.63) is 0 Å². The average molecular weight is 150 g/mol. The number of rotatable bonds is 1. The average Bonchev–Trinajstić information content (AvgIpc) is 1.62. The lowest BCUT2D eigenvalue weighted by Gasteiger charge is -2.33. The Bertz CT molecular complexity index is 109. The van der Waals surface area contributed by atoms with E-state index in [1.165, 1.54) is 0 Å². The predicted molar refractivity (Wildman–Crippen MR) is 39.2 cm³/mol. The fraction of sp³-hybridized carbons (Fsp3) is 1.00. The monoisotopic (exact) mass is 150 g/mol. The van der Waals surface area contributed by atoms with Crippen molar-refractivity contribution in [1.29, 1.82) is 0 Å². The summed E-state index contributed by atoms with van der Waals surface area (Å²) in [6.45, 7) is 7.78. The lowest BCUT2D eigenvalue weighted by molar-refractivity contribution is -0.132. The van der Waals surface area contributed by atoms with Gasteiger partial charge in [-0.25, -0.2) is 8.78 Å². The molecule has 0 fully saturated rings. The molecule has 62 valence electrons. The summed E-state index contributed by atoms with van der Waals surface area (Å²) in [4.78, 5) is 0. The Balaban J connectivity index is 4.40. The van der Waals surface area contributed by atoms with E-state index in [1.807, 2.05) is 0 Å². The molecule has 0 amide bonds. The van der Waals surface area contributed by atoms with Gasteiger partial charge in [0.2, 0.25) is 0 Å². The maximum Gasteiger partial charge on any atom is 0.255 e. The first-order valence-corrected chi connectivity index (χ1v) is 3.57. The van der Waals surface area contributed by atoms with Crippen LogP contribution in [0.1, 0.15) is 34.6 Å². The summed E-state index contributed by atoms with van der Waals surface area (Å²) in [5, 5.41) is 0. The molecule has 0 aromatic rings. The summed E-state index contributed by atoms with van der Waals surface area (Å²) < 4.78 is 26.1. The summed E-state index contributed by atoms with van der Waals surface area (Å²) in [6, 6.07) is 0. The van der Waals surface area contributed by atoms with Crippen LogP contribution in [0.15, 0.2) is 0 Å². The zero-order valence-corrected chi connectivity index (χ0v) is 7.33. The molecule has 0 aliphatic heterocycles. The summed E-state index contributed by atoms with van der Waals surface area (Å²) in [5.41, 5.74) is -0.916. The van der Waals surface area contributed by atoms with Crippen molar-refractivity contribution in [2.75, 3.05) is 0 Å². The van der Waals surface area contributed by atoms with Crippen molar-refractivity contribution in [3.8, 4) is 0 Å². The highest BCUT2D eigenvalue weighted by atomic mass is 19.3. The minimum Gasteiger partial charge on any atom is -0.206 e. The van der Waals surface area contributed by atoms with Crippen molar-refractivity contribution in [3.63, 3.8) is 0 Å². The third-order valence-electron chi connectivity index (χ3n) is 1.73. The molecule has 0 aromatic carbocycles. The van der Waals surface area contributed by atoms with Gasteiger partial charge < -0.3 is 0 Å². The number of halogens is 2. The molecular formula is C8H16F2. The molecule has 0 spiro atoms.